The number of nitriles is 1. The van der Waals surface area contributed by atoms with E-state index in [-0.39, 0.29) is 41.5 Å². The van der Waals surface area contributed by atoms with Gasteiger partial charge in [0, 0.05) is 56.1 Å². The molecule has 0 bridgehead atoms. The zero-order valence-corrected chi connectivity index (χ0v) is 27.1. The van der Waals surface area contributed by atoms with E-state index in [4.69, 9.17) is 14.2 Å². The van der Waals surface area contributed by atoms with E-state index in [1.807, 2.05) is 30.3 Å². The van der Waals surface area contributed by atoms with Crippen LogP contribution in [0.3, 0.4) is 0 Å². The fourth-order valence-corrected chi connectivity index (χ4v) is 5.86. The Morgan fingerprint density at radius 1 is 1.08 bits per heavy atom. The minimum atomic E-state index is -3.40. The van der Waals surface area contributed by atoms with Crippen molar-refractivity contribution in [2.24, 2.45) is 0 Å². The van der Waals surface area contributed by atoms with Crippen molar-refractivity contribution in [2.45, 2.75) is 50.9 Å². The fourth-order valence-electron chi connectivity index (χ4n) is 5.86. The Morgan fingerprint density at radius 3 is 2.44 bits per heavy atom. The molecule has 14 heteroatoms. The summed E-state index contributed by atoms with van der Waals surface area (Å²) in [4.78, 5) is 26.5. The summed E-state index contributed by atoms with van der Waals surface area (Å²) in [6, 6.07) is 14.4. The number of carbonyl (C=O) groups is 1. The number of piperazine rings is 1. The highest BCUT2D eigenvalue weighted by Gasteiger charge is 2.48. The molecule has 1 N–H and O–H groups in total. The zero-order valence-electron chi connectivity index (χ0n) is 27.1. The molecule has 0 saturated carbocycles. The van der Waals surface area contributed by atoms with Gasteiger partial charge in [-0.3, -0.25) is 4.90 Å². The van der Waals surface area contributed by atoms with Gasteiger partial charge >= 0.3 is 12.0 Å². The van der Waals surface area contributed by atoms with Crippen LogP contribution in [-0.2, 0) is 9.47 Å². The molecule has 0 spiro atoms. The molecule has 6 rings (SSSR count). The number of ether oxygens (including phenoxy) is 3. The molecule has 1 aromatic heterocycles. The standard InChI is InChI=1S/C34H38F3N7O4/c1-33(2,3)48-32(45)44-11-10-29(34(36,37)21-44)47-28-9-4-22(16-23(28)17-38)30-27(35)18-39-31(41-30)40-24-5-7-25(8-6-24)42-12-14-43(15-13-42)26-19-46-20-26/h4-9,16,18,26,29H,10-15,19-21H2,1-3H3,(H,39,40,41). The number of alkyl halides is 2. The Hall–Kier alpha value is -4.61. The van der Waals surface area contributed by atoms with Gasteiger partial charge in [0.15, 0.2) is 11.9 Å². The molecule has 3 aromatic rings. The predicted molar refractivity (Wildman–Crippen MR) is 172 cm³/mol. The first-order valence-corrected chi connectivity index (χ1v) is 15.9. The average Bonchev–Trinajstić information content (AvgIpc) is 3.02. The number of nitrogens with one attached hydrogen (secondary N) is 1. The van der Waals surface area contributed by atoms with E-state index >= 15 is 8.78 Å². The Bertz CT molecular complexity index is 1670. The smallest absolute Gasteiger partial charge is 0.410 e. The molecule has 3 saturated heterocycles. The fraction of sp³-hybridized carbons (Fsp3) is 0.471. The summed E-state index contributed by atoms with van der Waals surface area (Å²) >= 11 is 0. The van der Waals surface area contributed by atoms with Crippen LogP contribution < -0.4 is 15.0 Å². The molecule has 1 amide bonds. The van der Waals surface area contributed by atoms with Gasteiger partial charge in [-0.2, -0.15) is 5.26 Å². The van der Waals surface area contributed by atoms with Gasteiger partial charge in [0.1, 0.15) is 23.1 Å². The van der Waals surface area contributed by atoms with Crippen molar-refractivity contribution < 1.29 is 32.2 Å². The van der Waals surface area contributed by atoms with E-state index in [1.54, 1.807) is 20.8 Å². The summed E-state index contributed by atoms with van der Waals surface area (Å²) < 4.78 is 61.3. The second kappa shape index (κ2) is 13.5. The summed E-state index contributed by atoms with van der Waals surface area (Å²) in [5.41, 5.74) is 1.10. The maximum Gasteiger partial charge on any atom is 0.410 e. The van der Waals surface area contributed by atoms with E-state index in [2.05, 4.69) is 25.1 Å². The van der Waals surface area contributed by atoms with Crippen LogP contribution in [0.1, 0.15) is 32.8 Å². The van der Waals surface area contributed by atoms with Gasteiger partial charge < -0.3 is 29.3 Å². The van der Waals surface area contributed by atoms with Crippen molar-refractivity contribution in [1.29, 1.82) is 5.26 Å². The highest BCUT2D eigenvalue weighted by Crippen LogP contribution is 2.35. The first kappa shape index (κ1) is 33.3. The van der Waals surface area contributed by atoms with Gasteiger partial charge in [0.05, 0.1) is 37.6 Å². The quantitative estimate of drug-likeness (QED) is 0.350. The highest BCUT2D eigenvalue weighted by molar-refractivity contribution is 5.69. The molecular weight excluding hydrogens is 627 g/mol. The minimum Gasteiger partial charge on any atom is -0.483 e. The normalized spacial score (nSPS) is 20.1. The van der Waals surface area contributed by atoms with Gasteiger partial charge in [-0.05, 0) is 63.2 Å². The molecule has 0 aliphatic carbocycles. The Kier molecular flexibility index (Phi) is 9.35. The topological polar surface area (TPSA) is 116 Å². The van der Waals surface area contributed by atoms with Crippen LogP contribution >= 0.6 is 0 Å². The number of piperidine rings is 1. The Labute approximate surface area is 277 Å². The number of amides is 1. The molecule has 3 aliphatic rings. The number of hydrogen-bond acceptors (Lipinski definition) is 10. The number of hydrogen-bond donors (Lipinski definition) is 1. The summed E-state index contributed by atoms with van der Waals surface area (Å²) in [5, 5.41) is 12.9. The third-order valence-electron chi connectivity index (χ3n) is 8.51. The van der Waals surface area contributed by atoms with E-state index in [0.717, 1.165) is 56.2 Å². The maximum atomic E-state index is 15.1. The third kappa shape index (κ3) is 7.58. The first-order valence-electron chi connectivity index (χ1n) is 15.9. The second-order valence-electron chi connectivity index (χ2n) is 13.2. The average molecular weight is 666 g/mol. The number of anilines is 3. The van der Waals surface area contributed by atoms with Gasteiger partial charge in [0.2, 0.25) is 5.95 Å². The van der Waals surface area contributed by atoms with E-state index in [1.165, 1.54) is 18.2 Å². The predicted octanol–water partition coefficient (Wildman–Crippen LogP) is 5.44. The molecule has 1 unspecified atom stereocenters. The number of halogens is 3. The molecule has 11 nitrogen and oxygen atoms in total. The van der Waals surface area contributed by atoms with Crippen molar-refractivity contribution in [3.63, 3.8) is 0 Å². The molecule has 1 atom stereocenters. The SMILES string of the molecule is CC(C)(C)OC(=O)N1CCC(Oc2ccc(-c3nc(Nc4ccc(N5CCN(C6COC6)CC5)cc4)ncc3F)cc2C#N)C(F)(F)C1. The van der Waals surface area contributed by atoms with Crippen molar-refractivity contribution in [2.75, 3.05) is 62.7 Å². The lowest BCUT2D eigenvalue weighted by atomic mass is 10.0. The van der Waals surface area contributed by atoms with Gasteiger partial charge in [-0.1, -0.05) is 0 Å². The lowest BCUT2D eigenvalue weighted by Gasteiger charge is -2.43. The van der Waals surface area contributed by atoms with Crippen LogP contribution in [0.5, 0.6) is 5.75 Å². The lowest BCUT2D eigenvalue weighted by molar-refractivity contribution is -0.137. The Balaban J connectivity index is 1.10. The van der Waals surface area contributed by atoms with E-state index < -0.39 is 36.1 Å². The van der Waals surface area contributed by atoms with Crippen LogP contribution in [0.15, 0.2) is 48.7 Å². The number of likely N-dealkylation sites (tertiary alicyclic amines) is 1. The number of rotatable bonds is 7. The molecule has 0 radical (unpaired) electrons. The largest absolute Gasteiger partial charge is 0.483 e. The van der Waals surface area contributed by atoms with Crippen LogP contribution in [0.2, 0.25) is 0 Å². The molecule has 3 fully saturated rings. The molecule has 4 heterocycles. The van der Waals surface area contributed by atoms with Crippen LogP contribution in [0, 0.1) is 17.1 Å². The molecule has 2 aromatic carbocycles. The van der Waals surface area contributed by atoms with Crippen LogP contribution in [-0.4, -0.2) is 102 Å². The second-order valence-corrected chi connectivity index (χ2v) is 13.2. The van der Waals surface area contributed by atoms with Crippen LogP contribution in [0.4, 0.5) is 35.3 Å². The summed E-state index contributed by atoms with van der Waals surface area (Å²) in [6.07, 6.45) is -1.56. The van der Waals surface area contributed by atoms with Crippen LogP contribution in [0.25, 0.3) is 11.3 Å². The van der Waals surface area contributed by atoms with Crippen molar-refractivity contribution in [1.82, 2.24) is 19.8 Å². The highest BCUT2D eigenvalue weighted by atomic mass is 19.3. The van der Waals surface area contributed by atoms with Gasteiger partial charge in [0.25, 0.3) is 0 Å². The minimum absolute atomic E-state index is 0.00659. The van der Waals surface area contributed by atoms with E-state index in [0.29, 0.717) is 11.7 Å². The number of carbonyl (C=O) groups excluding carboxylic acids is 1. The number of nitrogens with zero attached hydrogens (tertiary/aromatic N) is 6. The van der Waals surface area contributed by atoms with Gasteiger partial charge in [-0.15, -0.1) is 0 Å². The molecular formula is C34H38F3N7O4. The van der Waals surface area contributed by atoms with Crippen molar-refractivity contribution in [3.05, 3.63) is 60.0 Å². The number of benzene rings is 2. The molecule has 254 valence electrons. The first-order chi connectivity index (χ1) is 22.9. The third-order valence-corrected chi connectivity index (χ3v) is 8.51. The maximum absolute atomic E-state index is 15.1. The monoisotopic (exact) mass is 665 g/mol. The zero-order chi connectivity index (χ0) is 34.1. The van der Waals surface area contributed by atoms with Gasteiger partial charge in [-0.25, -0.2) is 27.9 Å². The summed E-state index contributed by atoms with van der Waals surface area (Å²) in [7, 11) is 0. The summed E-state index contributed by atoms with van der Waals surface area (Å²) in [6.45, 7) is 9.54. The molecule has 48 heavy (non-hydrogen) atoms. The molecule has 3 aliphatic heterocycles. The van der Waals surface area contributed by atoms with Crippen molar-refractivity contribution in [3.8, 4) is 23.1 Å². The Morgan fingerprint density at radius 2 is 1.81 bits per heavy atom. The number of aromatic nitrogens is 2. The van der Waals surface area contributed by atoms with E-state index in [9.17, 15) is 14.4 Å². The summed E-state index contributed by atoms with van der Waals surface area (Å²) in [5.74, 6) is -4.06. The van der Waals surface area contributed by atoms with Crippen molar-refractivity contribution >= 4 is 23.4 Å². The lowest BCUT2D eigenvalue weighted by Crippen LogP contribution is -2.56.